The van der Waals surface area contributed by atoms with Crippen molar-refractivity contribution in [1.29, 1.82) is 0 Å². The highest BCUT2D eigenvalue weighted by atomic mass is 35.5. The second-order valence-corrected chi connectivity index (χ2v) is 13.6. The van der Waals surface area contributed by atoms with Crippen molar-refractivity contribution in [2.75, 3.05) is 40.4 Å². The van der Waals surface area contributed by atoms with Crippen molar-refractivity contribution < 1.29 is 43.4 Å². The van der Waals surface area contributed by atoms with E-state index in [4.69, 9.17) is 42.1 Å². The summed E-state index contributed by atoms with van der Waals surface area (Å²) >= 11 is 13.0. The molecule has 4 heterocycles. The zero-order valence-electron chi connectivity index (χ0n) is 28.9. The Kier molecular flexibility index (Phi) is 13.5. The van der Waals surface area contributed by atoms with Crippen LogP contribution >= 0.6 is 23.2 Å². The molecular formula is C39H42Cl2FN3O7. The monoisotopic (exact) mass is 753 g/mol. The number of hydrogen-bond donors (Lipinski definition) is 1. The minimum atomic E-state index is -0.980. The summed E-state index contributed by atoms with van der Waals surface area (Å²) in [6.07, 6.45) is 4.89. The van der Waals surface area contributed by atoms with Crippen LogP contribution in [0.25, 0.3) is 0 Å². The molecule has 0 spiro atoms. The molecule has 0 aliphatic carbocycles. The van der Waals surface area contributed by atoms with Crippen LogP contribution in [0.5, 0.6) is 11.5 Å². The first-order valence-corrected chi connectivity index (χ1v) is 17.8. The standard InChI is InChI=1S/C39H40Cl2FN3O6.H2O/c1-48-33-11-10-26(19-35(33)49-2)34(20-29-30(40)21-43-22-31(29)41)50-38(46)27-7-5-6-24(18-27)12-15-44-37(28-8-3-4-9-32(28)42)39(47)51-36-23-45-16-13-25(36)14-17-45;/h3-11,18-19,21-22,25,34,36-37,44H,12-17,20,23H2,1-2H3;1H2/t34-,36-,37?;/m0./s1. The second kappa shape index (κ2) is 18.0. The van der Waals surface area contributed by atoms with Gasteiger partial charge in [-0.2, -0.15) is 0 Å². The number of nitrogens with one attached hydrogen (secondary N) is 2. The highest BCUT2D eigenvalue weighted by Gasteiger charge is 2.38. The molecule has 3 saturated heterocycles. The van der Waals surface area contributed by atoms with Crippen LogP contribution in [0.1, 0.15) is 57.6 Å². The van der Waals surface area contributed by atoms with Gasteiger partial charge in [-0.05, 0) is 79.7 Å². The van der Waals surface area contributed by atoms with Crippen LogP contribution in [0.3, 0.4) is 0 Å². The Labute approximate surface area is 312 Å². The van der Waals surface area contributed by atoms with E-state index in [0.717, 1.165) is 31.5 Å². The van der Waals surface area contributed by atoms with E-state index in [1.807, 2.05) is 6.07 Å². The molecule has 0 saturated carbocycles. The fraction of sp³-hybridized carbons (Fsp3) is 0.359. The van der Waals surface area contributed by atoms with E-state index in [0.29, 0.717) is 63.7 Å². The predicted octanol–water partition coefficient (Wildman–Crippen LogP) is 6.44. The molecule has 4 aromatic rings. The molecule has 3 N–H and O–H groups in total. The van der Waals surface area contributed by atoms with Crippen LogP contribution in [0.15, 0.2) is 79.1 Å². The van der Waals surface area contributed by atoms with Crippen molar-refractivity contribution in [3.8, 4) is 11.5 Å². The summed E-state index contributed by atoms with van der Waals surface area (Å²) in [7, 11) is 3.08. The van der Waals surface area contributed by atoms with Gasteiger partial charge in [0, 0.05) is 30.6 Å². The molecule has 1 aromatic heterocycles. The molecule has 13 heteroatoms. The highest BCUT2D eigenvalue weighted by Crippen LogP contribution is 2.36. The number of ether oxygens (including phenoxy) is 4. The Morgan fingerprint density at radius 3 is 2.37 bits per heavy atom. The summed E-state index contributed by atoms with van der Waals surface area (Å²) in [6, 6.07) is 17.6. The Hall–Kier alpha value is -4.26. The largest absolute Gasteiger partial charge is 0.870 e. The summed E-state index contributed by atoms with van der Waals surface area (Å²) in [5, 5.41) is 4.03. The van der Waals surface area contributed by atoms with E-state index in [-0.39, 0.29) is 23.6 Å². The molecule has 0 radical (unpaired) electrons. The third-order valence-electron chi connectivity index (χ3n) is 9.66. The molecule has 7 rings (SSSR count). The van der Waals surface area contributed by atoms with Crippen molar-refractivity contribution in [2.24, 2.45) is 5.92 Å². The minimum Gasteiger partial charge on any atom is -0.870 e. The SMILES string of the molecule is COc1ccc([C@H](Cc2c(Cl)c[nH+]cc2Cl)OC(=O)c2cccc(CCNC(C(=O)O[C@H]3CN4CCC3CC4)c3ccccc3F)c2)cc1OC.[OH-]. The molecule has 3 fully saturated rings. The molecule has 276 valence electrons. The predicted molar refractivity (Wildman–Crippen MR) is 193 cm³/mol. The number of halogens is 3. The van der Waals surface area contributed by atoms with Crippen molar-refractivity contribution in [2.45, 2.75) is 43.9 Å². The number of nitrogens with zero attached hydrogens (tertiary/aromatic N) is 1. The van der Waals surface area contributed by atoms with Crippen LogP contribution in [0.2, 0.25) is 10.0 Å². The Morgan fingerprint density at radius 2 is 1.69 bits per heavy atom. The third kappa shape index (κ3) is 9.20. The van der Waals surface area contributed by atoms with Gasteiger partial charge < -0.3 is 29.7 Å². The zero-order chi connectivity index (χ0) is 35.9. The summed E-state index contributed by atoms with van der Waals surface area (Å²) in [6.45, 7) is 3.07. The lowest BCUT2D eigenvalue weighted by molar-refractivity contribution is -0.377. The first-order chi connectivity index (χ1) is 24.7. The molecular weight excluding hydrogens is 712 g/mol. The van der Waals surface area contributed by atoms with Crippen LogP contribution in [-0.2, 0) is 27.1 Å². The average molecular weight is 755 g/mol. The first-order valence-electron chi connectivity index (χ1n) is 17.0. The number of fused-ring (bicyclic) bond motifs is 3. The molecule has 1 unspecified atom stereocenters. The Balaban J connectivity index is 0.00000523. The van der Waals surface area contributed by atoms with Gasteiger partial charge >= 0.3 is 11.9 Å². The average Bonchev–Trinajstić information content (AvgIpc) is 3.15. The van der Waals surface area contributed by atoms with Gasteiger partial charge in [0.2, 0.25) is 0 Å². The summed E-state index contributed by atoms with van der Waals surface area (Å²) in [5.41, 5.74) is 2.66. The quantitative estimate of drug-likeness (QED) is 0.145. The topological polar surface area (TPSA) is 130 Å². The Bertz CT molecular complexity index is 1840. The molecule has 10 nitrogen and oxygen atoms in total. The molecule has 0 amide bonds. The maximum atomic E-state index is 15.0. The number of aromatic nitrogens is 1. The molecule has 3 aliphatic rings. The van der Waals surface area contributed by atoms with Gasteiger partial charge in [0.25, 0.3) is 0 Å². The number of rotatable bonds is 14. The number of esters is 2. The van der Waals surface area contributed by atoms with Crippen molar-refractivity contribution in [1.82, 2.24) is 10.2 Å². The minimum absolute atomic E-state index is 0. The highest BCUT2D eigenvalue weighted by molar-refractivity contribution is 6.35. The fourth-order valence-electron chi connectivity index (χ4n) is 6.84. The molecule has 3 aromatic carbocycles. The van der Waals surface area contributed by atoms with Gasteiger partial charge in [0.1, 0.15) is 34.1 Å². The third-order valence-corrected chi connectivity index (χ3v) is 10.3. The van der Waals surface area contributed by atoms with Gasteiger partial charge in [-0.25, -0.2) is 19.0 Å². The summed E-state index contributed by atoms with van der Waals surface area (Å²) in [4.78, 5) is 32.4. The maximum absolute atomic E-state index is 15.0. The fourth-order valence-corrected chi connectivity index (χ4v) is 7.37. The number of pyridine rings is 1. The smallest absolute Gasteiger partial charge is 0.338 e. The van der Waals surface area contributed by atoms with Gasteiger partial charge in [0.05, 0.1) is 19.8 Å². The van der Waals surface area contributed by atoms with Crippen molar-refractivity contribution >= 4 is 35.1 Å². The molecule has 52 heavy (non-hydrogen) atoms. The van der Waals surface area contributed by atoms with E-state index >= 15 is 0 Å². The van der Waals surface area contributed by atoms with Crippen LogP contribution in [0.4, 0.5) is 4.39 Å². The van der Waals surface area contributed by atoms with Crippen LogP contribution in [-0.4, -0.2) is 68.8 Å². The molecule has 3 aliphatic heterocycles. The number of piperidine rings is 3. The molecule has 2 bridgehead atoms. The number of hydrogen-bond acceptors (Lipinski definition) is 9. The number of methoxy groups -OCH3 is 2. The molecule has 3 atom stereocenters. The Morgan fingerprint density at radius 1 is 0.962 bits per heavy atom. The van der Waals surface area contributed by atoms with Gasteiger partial charge in [0.15, 0.2) is 23.9 Å². The van der Waals surface area contributed by atoms with Crippen LogP contribution in [0, 0.1) is 11.7 Å². The van der Waals surface area contributed by atoms with Crippen LogP contribution < -0.4 is 19.8 Å². The first kappa shape index (κ1) is 39.0. The van der Waals surface area contributed by atoms with E-state index < -0.39 is 29.9 Å². The zero-order valence-corrected chi connectivity index (χ0v) is 30.5. The number of aromatic amines is 1. The number of H-pyrrole nitrogens is 1. The van der Waals surface area contributed by atoms with Gasteiger partial charge in [-0.3, -0.25) is 4.90 Å². The lowest BCUT2D eigenvalue weighted by atomic mass is 9.86. The van der Waals surface area contributed by atoms with E-state index in [2.05, 4.69) is 15.2 Å². The summed E-state index contributed by atoms with van der Waals surface area (Å²) in [5.74, 6) is -0.188. The lowest BCUT2D eigenvalue weighted by Gasteiger charge is -2.44. The lowest BCUT2D eigenvalue weighted by Crippen LogP contribution is -2.52. The number of carbonyl (C=O) groups excluding carboxylic acids is 2. The van der Waals surface area contributed by atoms with Gasteiger partial charge in [-0.15, -0.1) is 0 Å². The summed E-state index contributed by atoms with van der Waals surface area (Å²) < 4.78 is 38.0. The van der Waals surface area contributed by atoms with E-state index in [1.54, 1.807) is 74.1 Å². The van der Waals surface area contributed by atoms with Crippen molar-refractivity contribution in [3.05, 3.63) is 123 Å². The second-order valence-electron chi connectivity index (χ2n) is 12.8. The van der Waals surface area contributed by atoms with Gasteiger partial charge in [-0.1, -0.05) is 59.6 Å². The van der Waals surface area contributed by atoms with E-state index in [1.165, 1.54) is 13.2 Å². The number of carbonyl (C=O) groups is 2. The van der Waals surface area contributed by atoms with Crippen molar-refractivity contribution in [3.63, 3.8) is 0 Å². The number of benzene rings is 3. The normalized spacial score (nSPS) is 18.8. The maximum Gasteiger partial charge on any atom is 0.338 e. The van der Waals surface area contributed by atoms with E-state index in [9.17, 15) is 14.0 Å².